The van der Waals surface area contributed by atoms with Crippen molar-refractivity contribution < 1.29 is 24.7 Å². The van der Waals surface area contributed by atoms with E-state index in [-0.39, 0.29) is 12.1 Å². The number of nitrogens with zero attached hydrogens (tertiary/aromatic N) is 1. The molecule has 0 aliphatic heterocycles. The maximum atomic E-state index is 11.1. The van der Waals surface area contributed by atoms with Crippen molar-refractivity contribution in [3.8, 4) is 0 Å². The third kappa shape index (κ3) is 8.38. The fourth-order valence-electron chi connectivity index (χ4n) is 4.58. The van der Waals surface area contributed by atoms with Gasteiger partial charge in [0.2, 0.25) is 0 Å². The zero-order valence-corrected chi connectivity index (χ0v) is 28.0. The Bertz CT molecular complexity index is 2000. The highest BCUT2D eigenvalue weighted by molar-refractivity contribution is 9.11. The third-order valence-electron chi connectivity index (χ3n) is 6.79. The van der Waals surface area contributed by atoms with Crippen LogP contribution < -0.4 is 11.5 Å². The van der Waals surface area contributed by atoms with Crippen LogP contribution >= 0.6 is 47.8 Å². The number of hydrogen-bond acceptors (Lipinski definition) is 6. The Morgan fingerprint density at radius 1 is 0.778 bits per heavy atom. The first-order valence-electron chi connectivity index (χ1n) is 13.2. The summed E-state index contributed by atoms with van der Waals surface area (Å²) in [6, 6.07) is 15.3. The minimum absolute atomic E-state index is 0.0205. The number of benzene rings is 3. The number of aromatic nitrogens is 3. The second-order valence-corrected chi connectivity index (χ2v) is 12.6. The second kappa shape index (κ2) is 14.8. The number of nitrogens with two attached hydrogens (primary N) is 2. The molecule has 0 saturated carbocycles. The number of aliphatic carboxylic acids is 2. The minimum Gasteiger partial charge on any atom is -0.480 e. The third-order valence-corrected chi connectivity index (χ3v) is 8.42. The highest BCUT2D eigenvalue weighted by Crippen LogP contribution is 2.35. The molecule has 2 atom stereocenters. The van der Waals surface area contributed by atoms with Crippen molar-refractivity contribution in [3.05, 3.63) is 108 Å². The smallest absolute Gasteiger partial charge is 0.320 e. The molecule has 3 heterocycles. The van der Waals surface area contributed by atoms with E-state index >= 15 is 0 Å². The fourth-order valence-corrected chi connectivity index (χ4v) is 5.79. The molecule has 0 aliphatic rings. The highest BCUT2D eigenvalue weighted by atomic mass is 79.9. The summed E-state index contributed by atoms with van der Waals surface area (Å²) in [6.45, 7) is 0. The number of carboxylic acid groups (broad SMARTS) is 2. The van der Waals surface area contributed by atoms with Crippen LogP contribution in [0.15, 0.2) is 86.6 Å². The molecule has 6 rings (SSSR count). The van der Waals surface area contributed by atoms with Gasteiger partial charge in [0, 0.05) is 62.2 Å². The Hall–Kier alpha value is -4.02. The first-order valence-corrected chi connectivity index (χ1v) is 15.6. The van der Waals surface area contributed by atoms with E-state index in [0.29, 0.717) is 27.4 Å². The van der Waals surface area contributed by atoms with Gasteiger partial charge in [-0.05, 0) is 81.7 Å². The van der Waals surface area contributed by atoms with Gasteiger partial charge in [0.1, 0.15) is 12.1 Å². The highest BCUT2D eigenvalue weighted by Gasteiger charge is 2.23. The van der Waals surface area contributed by atoms with Crippen LogP contribution in [0.3, 0.4) is 0 Å². The zero-order valence-electron chi connectivity index (χ0n) is 23.3. The van der Waals surface area contributed by atoms with E-state index in [4.69, 9.17) is 21.7 Å². The van der Waals surface area contributed by atoms with Gasteiger partial charge < -0.3 is 36.6 Å². The first kappa shape index (κ1) is 33.9. The summed E-state index contributed by atoms with van der Waals surface area (Å²) in [4.78, 5) is 41.2. The van der Waals surface area contributed by atoms with Crippen LogP contribution in [0, 0.1) is 10.1 Å². The summed E-state index contributed by atoms with van der Waals surface area (Å²) in [7, 11) is 0. The van der Waals surface area contributed by atoms with Gasteiger partial charge in [-0.2, -0.15) is 0 Å². The van der Waals surface area contributed by atoms with Crippen LogP contribution in [0.4, 0.5) is 5.69 Å². The largest absolute Gasteiger partial charge is 0.480 e. The summed E-state index contributed by atoms with van der Waals surface area (Å²) in [6.07, 6.45) is 5.64. The average Bonchev–Trinajstić information content (AvgIpc) is 3.72. The number of nitrogens with one attached hydrogen (secondary N) is 3. The number of fused-ring (bicyclic) bond motifs is 3. The minimum atomic E-state index is -1.15. The van der Waals surface area contributed by atoms with E-state index in [1.54, 1.807) is 24.5 Å². The normalized spacial score (nSPS) is 12.2. The van der Waals surface area contributed by atoms with Gasteiger partial charge in [0.15, 0.2) is 0 Å². The Labute approximate surface area is 280 Å². The standard InChI is InChI=1S/C11H10BrN3O4.C11H11BrN2O2.C8H6BrN/c12-6-1-2-8-9(10(6)15(18)19)5(4-14-8)3-7(13)11(16)17;12-7-1-2-10-8(4-7)6(5-14-10)3-9(13)11(15)16;9-7-1-2-8-6(5-7)3-4-10-8/h1-2,4,7,14H,3,13H2,(H,16,17);1-2,4-5,9,14H,3,13H2,(H,15,16);1-5,10H/t7-;9-;/m00./s1. The molecule has 0 spiro atoms. The average molecular weight is 807 g/mol. The van der Waals surface area contributed by atoms with Gasteiger partial charge in [-0.1, -0.05) is 31.9 Å². The Morgan fingerprint density at radius 3 is 1.98 bits per heavy atom. The number of hydrogen-bond donors (Lipinski definition) is 7. The molecule has 0 bridgehead atoms. The Morgan fingerprint density at radius 2 is 1.33 bits per heavy atom. The van der Waals surface area contributed by atoms with Gasteiger partial charge in [-0.25, -0.2) is 0 Å². The molecule has 3 aromatic carbocycles. The van der Waals surface area contributed by atoms with Crippen molar-refractivity contribution in [1.82, 2.24) is 15.0 Å². The molecule has 0 unspecified atom stereocenters. The van der Waals surface area contributed by atoms with Gasteiger partial charge in [0.25, 0.3) is 5.69 Å². The van der Waals surface area contributed by atoms with Crippen molar-refractivity contribution in [3.63, 3.8) is 0 Å². The number of nitro groups is 1. The number of H-pyrrole nitrogens is 3. The summed E-state index contributed by atoms with van der Waals surface area (Å²) in [5, 5.41) is 31.3. The lowest BCUT2D eigenvalue weighted by molar-refractivity contribution is -0.383. The molecule has 0 saturated heterocycles. The predicted octanol–water partition coefficient (Wildman–Crippen LogP) is 6.61. The molecule has 3 aromatic heterocycles. The lowest BCUT2D eigenvalue weighted by atomic mass is 10.0. The maximum Gasteiger partial charge on any atom is 0.320 e. The molecule has 9 N–H and O–H groups in total. The number of nitro benzene ring substituents is 1. The van der Waals surface area contributed by atoms with Gasteiger partial charge >= 0.3 is 11.9 Å². The zero-order chi connectivity index (χ0) is 32.8. The topological polar surface area (TPSA) is 217 Å². The fraction of sp³-hybridized carbons (Fsp3) is 0.133. The Balaban J connectivity index is 0.000000160. The van der Waals surface area contributed by atoms with E-state index in [9.17, 15) is 19.7 Å². The number of halogens is 3. The van der Waals surface area contributed by atoms with Crippen LogP contribution in [0.1, 0.15) is 11.1 Å². The van der Waals surface area contributed by atoms with Crippen LogP contribution in [-0.4, -0.2) is 54.1 Å². The van der Waals surface area contributed by atoms with E-state index in [1.807, 2.05) is 30.5 Å². The van der Waals surface area contributed by atoms with Crippen LogP contribution in [-0.2, 0) is 22.4 Å². The van der Waals surface area contributed by atoms with E-state index in [2.05, 4.69) is 80.9 Å². The monoisotopic (exact) mass is 804 g/mol. The number of carboxylic acids is 2. The molecule has 15 heteroatoms. The molecule has 0 fully saturated rings. The van der Waals surface area contributed by atoms with E-state index in [0.717, 1.165) is 25.4 Å². The van der Waals surface area contributed by atoms with Crippen LogP contribution in [0.25, 0.3) is 32.7 Å². The summed E-state index contributed by atoms with van der Waals surface area (Å²) in [5.41, 5.74) is 15.1. The summed E-state index contributed by atoms with van der Waals surface area (Å²) in [5.74, 6) is -2.13. The van der Waals surface area contributed by atoms with Crippen LogP contribution in [0.2, 0.25) is 0 Å². The van der Waals surface area contributed by atoms with Gasteiger partial charge in [-0.15, -0.1) is 0 Å². The molecule has 0 amide bonds. The van der Waals surface area contributed by atoms with Crippen molar-refractivity contribution in [1.29, 1.82) is 0 Å². The van der Waals surface area contributed by atoms with Crippen LogP contribution in [0.5, 0.6) is 0 Å². The first-order chi connectivity index (χ1) is 21.3. The van der Waals surface area contributed by atoms with Gasteiger partial charge in [-0.3, -0.25) is 19.7 Å². The van der Waals surface area contributed by atoms with Crippen molar-refractivity contribution in [2.75, 3.05) is 0 Å². The number of carbonyl (C=O) groups is 2. The lowest BCUT2D eigenvalue weighted by Gasteiger charge is -2.05. The number of rotatable bonds is 7. The molecular formula is C30H27Br3N6O6. The van der Waals surface area contributed by atoms with Crippen molar-refractivity contribution in [2.24, 2.45) is 11.5 Å². The molecule has 0 radical (unpaired) electrons. The Kier molecular flexibility index (Phi) is 11.2. The molecular weight excluding hydrogens is 780 g/mol. The molecule has 12 nitrogen and oxygen atoms in total. The maximum absolute atomic E-state index is 11.1. The summed E-state index contributed by atoms with van der Waals surface area (Å²) >= 11 is 9.92. The number of aromatic amines is 3. The quantitative estimate of drug-likeness (QED) is 0.0687. The van der Waals surface area contributed by atoms with Gasteiger partial charge in [0.05, 0.1) is 20.3 Å². The van der Waals surface area contributed by atoms with Crippen molar-refractivity contribution >= 4 is 98.1 Å². The second-order valence-electron chi connectivity index (χ2n) is 9.90. The van der Waals surface area contributed by atoms with E-state index in [1.165, 1.54) is 10.9 Å². The predicted molar refractivity (Wildman–Crippen MR) is 183 cm³/mol. The molecule has 0 aliphatic carbocycles. The summed E-state index contributed by atoms with van der Waals surface area (Å²) < 4.78 is 2.43. The molecule has 6 aromatic rings. The van der Waals surface area contributed by atoms with E-state index < -0.39 is 28.9 Å². The SMILES string of the molecule is Brc1ccc2[nH]ccc2c1.N[C@@H](Cc1c[nH]c2ccc(Br)c([N+](=O)[O-])c12)C(=O)O.N[C@@H](Cc1c[nH]c2ccc(Br)cc12)C(=O)O. The lowest BCUT2D eigenvalue weighted by Crippen LogP contribution is -2.32. The molecule has 45 heavy (non-hydrogen) atoms. The molecule has 234 valence electrons. The van der Waals surface area contributed by atoms with Crippen molar-refractivity contribution in [2.45, 2.75) is 24.9 Å².